The van der Waals surface area contributed by atoms with Gasteiger partial charge in [-0.05, 0) is 68.7 Å². The Kier molecular flexibility index (Phi) is 7.14. The van der Waals surface area contributed by atoms with Crippen molar-refractivity contribution in [3.05, 3.63) is 77.2 Å². The highest BCUT2D eigenvalue weighted by molar-refractivity contribution is 5.96. The monoisotopic (exact) mass is 405 g/mol. The van der Waals surface area contributed by atoms with Crippen molar-refractivity contribution in [3.63, 3.8) is 0 Å². The van der Waals surface area contributed by atoms with Crippen LogP contribution in [0.5, 0.6) is 5.75 Å². The molecule has 30 heavy (non-hydrogen) atoms. The maximum absolute atomic E-state index is 12.8. The van der Waals surface area contributed by atoms with Crippen LogP contribution in [0.3, 0.4) is 0 Å². The minimum Gasteiger partial charge on any atom is -0.488 e. The highest BCUT2D eigenvalue weighted by atomic mass is 16.5. The maximum Gasteiger partial charge on any atom is 0.251 e. The van der Waals surface area contributed by atoms with Crippen LogP contribution in [-0.2, 0) is 6.42 Å². The van der Waals surface area contributed by atoms with Crippen LogP contribution in [0, 0.1) is 13.8 Å². The van der Waals surface area contributed by atoms with Crippen molar-refractivity contribution in [1.29, 1.82) is 0 Å². The third-order valence-electron chi connectivity index (χ3n) is 4.64. The number of aryl methyl sites for hydroxylation is 2. The van der Waals surface area contributed by atoms with E-state index in [0.717, 1.165) is 28.1 Å². The van der Waals surface area contributed by atoms with Crippen molar-refractivity contribution in [2.45, 2.75) is 33.3 Å². The second kappa shape index (κ2) is 9.98. The molecule has 2 N–H and O–H groups in total. The molecular formula is C24H27N3O3. The predicted molar refractivity (Wildman–Crippen MR) is 117 cm³/mol. The molecule has 1 amide bonds. The molecule has 0 spiro atoms. The van der Waals surface area contributed by atoms with Crippen molar-refractivity contribution < 1.29 is 14.6 Å². The van der Waals surface area contributed by atoms with Gasteiger partial charge in [0.15, 0.2) is 0 Å². The molecule has 3 rings (SSSR count). The minimum atomic E-state index is -0.379. The number of carbonyl (C=O) groups excluding carboxylic acids is 1. The topological polar surface area (TPSA) is 84.3 Å². The number of hydrogen-bond acceptors (Lipinski definition) is 5. The number of rotatable bonds is 8. The van der Waals surface area contributed by atoms with Gasteiger partial charge in [0.2, 0.25) is 0 Å². The molecule has 0 unspecified atom stereocenters. The fourth-order valence-electron chi connectivity index (χ4n) is 2.92. The van der Waals surface area contributed by atoms with Gasteiger partial charge in [-0.25, -0.2) is 0 Å². The van der Waals surface area contributed by atoms with E-state index in [0.29, 0.717) is 24.3 Å². The molecule has 0 saturated carbocycles. The summed E-state index contributed by atoms with van der Waals surface area (Å²) >= 11 is 0. The lowest BCUT2D eigenvalue weighted by Crippen LogP contribution is -2.26. The standard InChI is InChI=1S/C24H27N3O3/c1-16-4-7-23(27-13-16)20-10-21(12-22(11-20)30-18(3)15-28)24(29)25-9-8-19-6-5-17(2)26-14-19/h4-7,10-14,18,28H,8-9,15H2,1-3H3,(H,25,29)/t18-/m1/s1. The average molecular weight is 405 g/mol. The lowest BCUT2D eigenvalue weighted by molar-refractivity contribution is 0.0952. The van der Waals surface area contributed by atoms with Gasteiger partial charge in [-0.15, -0.1) is 0 Å². The molecule has 156 valence electrons. The average Bonchev–Trinajstić information content (AvgIpc) is 2.75. The maximum atomic E-state index is 12.8. The van der Waals surface area contributed by atoms with Crippen LogP contribution in [0.25, 0.3) is 11.3 Å². The molecule has 0 radical (unpaired) electrons. The highest BCUT2D eigenvalue weighted by Crippen LogP contribution is 2.26. The van der Waals surface area contributed by atoms with Gasteiger partial charge in [-0.1, -0.05) is 12.1 Å². The first-order valence-electron chi connectivity index (χ1n) is 10.00. The summed E-state index contributed by atoms with van der Waals surface area (Å²) in [6.07, 6.45) is 3.93. The smallest absolute Gasteiger partial charge is 0.251 e. The zero-order chi connectivity index (χ0) is 21.5. The lowest BCUT2D eigenvalue weighted by Gasteiger charge is -2.15. The van der Waals surface area contributed by atoms with Crippen LogP contribution in [0.4, 0.5) is 0 Å². The Labute approximate surface area is 177 Å². The fourth-order valence-corrected chi connectivity index (χ4v) is 2.92. The number of aliphatic hydroxyl groups is 1. The normalized spacial score (nSPS) is 11.7. The van der Waals surface area contributed by atoms with Gasteiger partial charge in [0.05, 0.1) is 12.3 Å². The zero-order valence-electron chi connectivity index (χ0n) is 17.6. The lowest BCUT2D eigenvalue weighted by atomic mass is 10.1. The summed E-state index contributed by atoms with van der Waals surface area (Å²) in [4.78, 5) is 21.5. The summed E-state index contributed by atoms with van der Waals surface area (Å²) in [5, 5.41) is 12.3. The molecule has 0 aliphatic carbocycles. The van der Waals surface area contributed by atoms with Crippen molar-refractivity contribution in [2.24, 2.45) is 0 Å². The van der Waals surface area contributed by atoms with E-state index < -0.39 is 0 Å². The molecule has 0 aliphatic rings. The van der Waals surface area contributed by atoms with Crippen LogP contribution in [0.15, 0.2) is 54.9 Å². The quantitative estimate of drug-likeness (QED) is 0.599. The Hall–Kier alpha value is -3.25. The summed E-state index contributed by atoms with van der Waals surface area (Å²) in [6, 6.07) is 13.2. The summed E-state index contributed by atoms with van der Waals surface area (Å²) in [7, 11) is 0. The van der Waals surface area contributed by atoms with E-state index >= 15 is 0 Å². The summed E-state index contributed by atoms with van der Waals surface area (Å²) in [6.45, 7) is 6.07. The van der Waals surface area contributed by atoms with Crippen LogP contribution in [0.2, 0.25) is 0 Å². The van der Waals surface area contributed by atoms with Crippen molar-refractivity contribution in [1.82, 2.24) is 15.3 Å². The highest BCUT2D eigenvalue weighted by Gasteiger charge is 2.13. The van der Waals surface area contributed by atoms with Gasteiger partial charge < -0.3 is 15.2 Å². The van der Waals surface area contributed by atoms with Gasteiger partial charge in [0, 0.05) is 35.8 Å². The summed E-state index contributed by atoms with van der Waals surface area (Å²) in [5.74, 6) is 0.329. The van der Waals surface area contributed by atoms with E-state index in [2.05, 4.69) is 15.3 Å². The van der Waals surface area contributed by atoms with Gasteiger partial charge in [0.1, 0.15) is 11.9 Å². The molecule has 0 bridgehead atoms. The summed E-state index contributed by atoms with van der Waals surface area (Å²) < 4.78 is 5.76. The van der Waals surface area contributed by atoms with E-state index in [1.54, 1.807) is 25.3 Å². The molecule has 6 nitrogen and oxygen atoms in total. The van der Waals surface area contributed by atoms with Crippen LogP contribution >= 0.6 is 0 Å². The van der Waals surface area contributed by atoms with Gasteiger partial charge >= 0.3 is 0 Å². The fraction of sp³-hybridized carbons (Fsp3) is 0.292. The third-order valence-corrected chi connectivity index (χ3v) is 4.64. The summed E-state index contributed by atoms with van der Waals surface area (Å²) in [5.41, 5.74) is 5.11. The Morgan fingerprint density at radius 3 is 2.60 bits per heavy atom. The largest absolute Gasteiger partial charge is 0.488 e. The number of hydrogen-bond donors (Lipinski definition) is 2. The Morgan fingerprint density at radius 1 is 1.10 bits per heavy atom. The number of nitrogens with zero attached hydrogens (tertiary/aromatic N) is 2. The molecular weight excluding hydrogens is 378 g/mol. The van der Waals surface area contributed by atoms with E-state index in [1.807, 2.05) is 50.4 Å². The number of pyridine rings is 2. The molecule has 0 fully saturated rings. The van der Waals surface area contributed by atoms with Crippen LogP contribution in [0.1, 0.15) is 34.1 Å². The first-order valence-corrected chi connectivity index (χ1v) is 10.00. The predicted octanol–water partition coefficient (Wildman–Crippen LogP) is 3.49. The molecule has 2 aromatic heterocycles. The number of aromatic nitrogens is 2. The zero-order valence-corrected chi connectivity index (χ0v) is 17.6. The second-order valence-electron chi connectivity index (χ2n) is 7.39. The molecule has 3 aromatic rings. The number of carbonyl (C=O) groups is 1. The number of benzene rings is 1. The molecule has 6 heteroatoms. The minimum absolute atomic E-state index is 0.112. The van der Waals surface area contributed by atoms with Crippen molar-refractivity contribution >= 4 is 5.91 Å². The Balaban J connectivity index is 1.77. The molecule has 1 aromatic carbocycles. The Bertz CT molecular complexity index is 986. The first kappa shape index (κ1) is 21.5. The molecule has 2 heterocycles. The van der Waals surface area contributed by atoms with Crippen LogP contribution < -0.4 is 10.1 Å². The van der Waals surface area contributed by atoms with Crippen molar-refractivity contribution in [2.75, 3.05) is 13.2 Å². The van der Waals surface area contributed by atoms with Crippen molar-refractivity contribution in [3.8, 4) is 17.0 Å². The van der Waals surface area contributed by atoms with Gasteiger partial charge in [-0.3, -0.25) is 14.8 Å². The van der Waals surface area contributed by atoms with E-state index in [9.17, 15) is 9.90 Å². The number of aliphatic hydroxyl groups excluding tert-OH is 1. The second-order valence-corrected chi connectivity index (χ2v) is 7.39. The van der Waals surface area contributed by atoms with Gasteiger partial charge in [0.25, 0.3) is 5.91 Å². The third kappa shape index (κ3) is 5.87. The van der Waals surface area contributed by atoms with E-state index in [4.69, 9.17) is 4.74 Å². The SMILES string of the molecule is Cc1ccc(-c2cc(O[C@H](C)CO)cc(C(=O)NCCc3ccc(C)nc3)c2)nc1. The molecule has 1 atom stereocenters. The Morgan fingerprint density at radius 2 is 1.93 bits per heavy atom. The number of ether oxygens (including phenoxy) is 1. The van der Waals surface area contributed by atoms with E-state index in [-0.39, 0.29) is 18.6 Å². The number of amides is 1. The molecule has 0 saturated heterocycles. The van der Waals surface area contributed by atoms with E-state index in [1.165, 1.54) is 0 Å². The van der Waals surface area contributed by atoms with Gasteiger partial charge in [-0.2, -0.15) is 0 Å². The first-order chi connectivity index (χ1) is 14.4. The van der Waals surface area contributed by atoms with Crippen LogP contribution in [-0.4, -0.2) is 40.2 Å². The number of nitrogens with one attached hydrogen (secondary N) is 1. The molecule has 0 aliphatic heterocycles.